The molecule has 0 radical (unpaired) electrons. The third-order valence-corrected chi connectivity index (χ3v) is 2.34. The SMILES string of the molecule is CNCC(=O)Nc1cc(C(=O)NC)ccc1C.Cl. The van der Waals surface area contributed by atoms with Crippen LogP contribution in [0, 0.1) is 6.92 Å². The van der Waals surface area contributed by atoms with E-state index >= 15 is 0 Å². The number of aryl methyl sites for hydroxylation is 1. The zero-order valence-corrected chi connectivity index (χ0v) is 11.5. The first-order chi connectivity index (χ1) is 8.08. The lowest BCUT2D eigenvalue weighted by Gasteiger charge is -2.10. The number of anilines is 1. The Bertz CT molecular complexity index is 435. The number of amides is 2. The summed E-state index contributed by atoms with van der Waals surface area (Å²) >= 11 is 0. The van der Waals surface area contributed by atoms with Crippen LogP contribution in [-0.4, -0.2) is 32.5 Å². The first-order valence-electron chi connectivity index (χ1n) is 5.35. The number of carbonyl (C=O) groups is 2. The van der Waals surface area contributed by atoms with Gasteiger partial charge in [0.2, 0.25) is 5.91 Å². The van der Waals surface area contributed by atoms with Gasteiger partial charge >= 0.3 is 0 Å². The summed E-state index contributed by atoms with van der Waals surface area (Å²) in [5.41, 5.74) is 2.10. The maximum Gasteiger partial charge on any atom is 0.251 e. The molecule has 0 unspecified atom stereocenters. The minimum atomic E-state index is -0.172. The molecule has 3 N–H and O–H groups in total. The average molecular weight is 272 g/mol. The second-order valence-electron chi connectivity index (χ2n) is 3.69. The smallest absolute Gasteiger partial charge is 0.251 e. The van der Waals surface area contributed by atoms with Crippen molar-refractivity contribution in [3.05, 3.63) is 29.3 Å². The highest BCUT2D eigenvalue weighted by atomic mass is 35.5. The number of carbonyl (C=O) groups excluding carboxylic acids is 2. The van der Waals surface area contributed by atoms with E-state index in [-0.39, 0.29) is 30.8 Å². The largest absolute Gasteiger partial charge is 0.355 e. The molecule has 2 amide bonds. The van der Waals surface area contributed by atoms with Crippen molar-refractivity contribution in [2.45, 2.75) is 6.92 Å². The first-order valence-corrected chi connectivity index (χ1v) is 5.35. The van der Waals surface area contributed by atoms with Crippen molar-refractivity contribution in [2.24, 2.45) is 0 Å². The molecule has 5 nitrogen and oxygen atoms in total. The molecule has 0 saturated heterocycles. The van der Waals surface area contributed by atoms with Gasteiger partial charge < -0.3 is 16.0 Å². The van der Waals surface area contributed by atoms with Crippen LogP contribution in [0.3, 0.4) is 0 Å². The Balaban J connectivity index is 0.00000289. The number of nitrogens with one attached hydrogen (secondary N) is 3. The maximum absolute atomic E-state index is 11.5. The molecule has 0 heterocycles. The Labute approximate surface area is 113 Å². The number of likely N-dealkylation sites (N-methyl/N-ethyl adjacent to an activating group) is 1. The van der Waals surface area contributed by atoms with E-state index in [2.05, 4.69) is 16.0 Å². The number of halogens is 1. The predicted molar refractivity (Wildman–Crippen MR) is 74.4 cm³/mol. The Kier molecular flexibility index (Phi) is 7.00. The molecule has 18 heavy (non-hydrogen) atoms. The van der Waals surface area contributed by atoms with Crippen LogP contribution in [0.1, 0.15) is 15.9 Å². The second-order valence-corrected chi connectivity index (χ2v) is 3.69. The van der Waals surface area contributed by atoms with Gasteiger partial charge in [-0.2, -0.15) is 0 Å². The van der Waals surface area contributed by atoms with E-state index in [1.165, 1.54) is 0 Å². The number of hydrogen-bond donors (Lipinski definition) is 3. The standard InChI is InChI=1S/C12H17N3O2.ClH/c1-8-4-5-9(12(17)14-3)6-10(8)15-11(16)7-13-2;/h4-6,13H,7H2,1-3H3,(H,14,17)(H,15,16);1H. The minimum Gasteiger partial charge on any atom is -0.355 e. The zero-order chi connectivity index (χ0) is 12.8. The minimum absolute atomic E-state index is 0. The lowest BCUT2D eigenvalue weighted by Crippen LogP contribution is -2.25. The van der Waals surface area contributed by atoms with Crippen LogP contribution in [0.15, 0.2) is 18.2 Å². The topological polar surface area (TPSA) is 70.2 Å². The van der Waals surface area contributed by atoms with Crippen LogP contribution in [0.2, 0.25) is 0 Å². The molecule has 0 saturated carbocycles. The maximum atomic E-state index is 11.5. The summed E-state index contributed by atoms with van der Waals surface area (Å²) in [6, 6.07) is 5.20. The third-order valence-electron chi connectivity index (χ3n) is 2.34. The molecule has 0 aliphatic heterocycles. The van der Waals surface area contributed by atoms with Crippen molar-refractivity contribution >= 4 is 29.9 Å². The van der Waals surface area contributed by atoms with Crippen molar-refractivity contribution in [1.29, 1.82) is 0 Å². The number of rotatable bonds is 4. The lowest BCUT2D eigenvalue weighted by molar-refractivity contribution is -0.115. The molecular formula is C12H18ClN3O2. The fourth-order valence-electron chi connectivity index (χ4n) is 1.40. The van der Waals surface area contributed by atoms with Crippen molar-refractivity contribution < 1.29 is 9.59 Å². The van der Waals surface area contributed by atoms with Gasteiger partial charge in [-0.05, 0) is 31.7 Å². The Morgan fingerprint density at radius 2 is 1.89 bits per heavy atom. The summed E-state index contributed by atoms with van der Waals surface area (Å²) in [5.74, 6) is -0.307. The summed E-state index contributed by atoms with van der Waals surface area (Å²) in [6.07, 6.45) is 0. The Morgan fingerprint density at radius 1 is 1.22 bits per heavy atom. The number of benzene rings is 1. The summed E-state index contributed by atoms with van der Waals surface area (Å²) in [4.78, 5) is 22.9. The summed E-state index contributed by atoms with van der Waals surface area (Å²) in [6.45, 7) is 2.12. The molecule has 0 aliphatic rings. The van der Waals surface area contributed by atoms with Gasteiger partial charge in [0.05, 0.1) is 6.54 Å². The van der Waals surface area contributed by atoms with Crippen LogP contribution in [0.25, 0.3) is 0 Å². The summed E-state index contributed by atoms with van der Waals surface area (Å²) < 4.78 is 0. The van der Waals surface area contributed by atoms with Gasteiger partial charge in [0.1, 0.15) is 0 Å². The Morgan fingerprint density at radius 3 is 2.44 bits per heavy atom. The van der Waals surface area contributed by atoms with Gasteiger partial charge in [0.15, 0.2) is 0 Å². The molecule has 1 aromatic rings. The van der Waals surface area contributed by atoms with Crippen LogP contribution < -0.4 is 16.0 Å². The normalized spacial score (nSPS) is 9.28. The molecule has 0 aliphatic carbocycles. The van der Waals surface area contributed by atoms with Gasteiger partial charge in [-0.1, -0.05) is 6.07 Å². The summed E-state index contributed by atoms with van der Waals surface area (Å²) in [7, 11) is 3.27. The molecule has 0 bridgehead atoms. The van der Waals surface area contributed by atoms with Gasteiger partial charge in [-0.3, -0.25) is 9.59 Å². The molecule has 1 aromatic carbocycles. The summed E-state index contributed by atoms with van der Waals surface area (Å²) in [5, 5.41) is 8.06. The first kappa shape index (κ1) is 16.4. The van der Waals surface area contributed by atoms with Gasteiger partial charge in [0.25, 0.3) is 5.91 Å². The molecule has 0 fully saturated rings. The molecule has 6 heteroatoms. The second kappa shape index (κ2) is 7.68. The lowest BCUT2D eigenvalue weighted by atomic mass is 10.1. The van der Waals surface area contributed by atoms with Crippen molar-refractivity contribution in [2.75, 3.05) is 26.0 Å². The highest BCUT2D eigenvalue weighted by molar-refractivity contribution is 5.98. The highest BCUT2D eigenvalue weighted by Crippen LogP contribution is 2.16. The molecule has 0 atom stereocenters. The fourth-order valence-corrected chi connectivity index (χ4v) is 1.40. The predicted octanol–water partition coefficient (Wildman–Crippen LogP) is 0.934. The van der Waals surface area contributed by atoms with Crippen LogP contribution >= 0.6 is 12.4 Å². The van der Waals surface area contributed by atoms with E-state index in [0.717, 1.165) is 5.56 Å². The van der Waals surface area contributed by atoms with E-state index in [1.54, 1.807) is 32.3 Å². The van der Waals surface area contributed by atoms with E-state index in [1.807, 2.05) is 6.92 Å². The molecule has 0 spiro atoms. The van der Waals surface area contributed by atoms with Gasteiger partial charge in [-0.15, -0.1) is 12.4 Å². The molecule has 0 aromatic heterocycles. The third kappa shape index (κ3) is 4.35. The molecule has 100 valence electrons. The van der Waals surface area contributed by atoms with E-state index in [9.17, 15) is 9.59 Å². The van der Waals surface area contributed by atoms with Gasteiger partial charge in [-0.25, -0.2) is 0 Å². The van der Waals surface area contributed by atoms with Crippen LogP contribution in [-0.2, 0) is 4.79 Å². The zero-order valence-electron chi connectivity index (χ0n) is 10.7. The van der Waals surface area contributed by atoms with Crippen molar-refractivity contribution in [1.82, 2.24) is 10.6 Å². The number of hydrogen-bond acceptors (Lipinski definition) is 3. The van der Waals surface area contributed by atoms with E-state index in [4.69, 9.17) is 0 Å². The average Bonchev–Trinajstić information content (AvgIpc) is 2.31. The Hall–Kier alpha value is -1.59. The van der Waals surface area contributed by atoms with Crippen molar-refractivity contribution in [3.8, 4) is 0 Å². The highest BCUT2D eigenvalue weighted by Gasteiger charge is 2.08. The fraction of sp³-hybridized carbons (Fsp3) is 0.333. The van der Waals surface area contributed by atoms with Crippen molar-refractivity contribution in [3.63, 3.8) is 0 Å². The van der Waals surface area contributed by atoms with E-state index < -0.39 is 0 Å². The monoisotopic (exact) mass is 271 g/mol. The van der Waals surface area contributed by atoms with Crippen LogP contribution in [0.4, 0.5) is 5.69 Å². The quantitative estimate of drug-likeness (QED) is 0.763. The van der Waals surface area contributed by atoms with Gasteiger partial charge in [0, 0.05) is 18.3 Å². The molecule has 1 rings (SSSR count). The molecular weight excluding hydrogens is 254 g/mol. The van der Waals surface area contributed by atoms with E-state index in [0.29, 0.717) is 11.3 Å². The van der Waals surface area contributed by atoms with Crippen LogP contribution in [0.5, 0.6) is 0 Å².